The van der Waals surface area contributed by atoms with Crippen LogP contribution in [-0.4, -0.2) is 71.3 Å². The molecule has 2 aromatic rings. The van der Waals surface area contributed by atoms with Crippen LogP contribution in [0, 0.1) is 5.92 Å². The maximum Gasteiger partial charge on any atom is 0.416 e. The average molecular weight is 488 g/mol. The van der Waals surface area contributed by atoms with Gasteiger partial charge < -0.3 is 4.52 Å². The first-order valence-electron chi connectivity index (χ1n) is 11.1. The van der Waals surface area contributed by atoms with Crippen LogP contribution in [0.3, 0.4) is 0 Å². The number of alkyl halides is 3. The first kappa shape index (κ1) is 24.1. The molecule has 0 spiro atoms. The summed E-state index contributed by atoms with van der Waals surface area (Å²) in [7, 11) is -3.48. The van der Waals surface area contributed by atoms with E-state index in [0.29, 0.717) is 45.2 Å². The SMILES string of the molecule is C[C@H]1CCCN(S(=O)(=O)N2CCN([C@H](C)c3nc(-c4cccc(C(F)(F)F)c4)no3)CC2)C1. The second-order valence-electron chi connectivity index (χ2n) is 8.76. The molecule has 0 aliphatic carbocycles. The number of halogens is 3. The van der Waals surface area contributed by atoms with Crippen LogP contribution >= 0.6 is 0 Å². The van der Waals surface area contributed by atoms with Gasteiger partial charge in [0.05, 0.1) is 11.6 Å². The van der Waals surface area contributed by atoms with E-state index < -0.39 is 21.9 Å². The zero-order valence-corrected chi connectivity index (χ0v) is 19.4. The Kier molecular flexibility index (Phi) is 6.81. The molecule has 2 fully saturated rings. The van der Waals surface area contributed by atoms with E-state index in [1.807, 2.05) is 11.8 Å². The molecule has 1 aromatic heterocycles. The summed E-state index contributed by atoms with van der Waals surface area (Å²) in [4.78, 5) is 6.34. The molecule has 0 saturated carbocycles. The van der Waals surface area contributed by atoms with E-state index in [-0.39, 0.29) is 23.3 Å². The molecule has 12 heteroatoms. The van der Waals surface area contributed by atoms with Crippen molar-refractivity contribution in [2.75, 3.05) is 39.3 Å². The van der Waals surface area contributed by atoms with Gasteiger partial charge in [-0.25, -0.2) is 0 Å². The first-order valence-corrected chi connectivity index (χ1v) is 12.5. The molecule has 2 atom stereocenters. The van der Waals surface area contributed by atoms with Gasteiger partial charge in [0.2, 0.25) is 11.7 Å². The molecule has 0 amide bonds. The van der Waals surface area contributed by atoms with Crippen molar-refractivity contribution in [3.63, 3.8) is 0 Å². The largest absolute Gasteiger partial charge is 0.416 e. The van der Waals surface area contributed by atoms with Crippen molar-refractivity contribution in [3.8, 4) is 11.4 Å². The third-order valence-electron chi connectivity index (χ3n) is 6.34. The molecule has 0 unspecified atom stereocenters. The van der Waals surface area contributed by atoms with Gasteiger partial charge in [0.1, 0.15) is 0 Å². The fourth-order valence-electron chi connectivity index (χ4n) is 4.35. The summed E-state index contributed by atoms with van der Waals surface area (Å²) < 4.78 is 73.4. The molecule has 182 valence electrons. The summed E-state index contributed by atoms with van der Waals surface area (Å²) in [6.07, 6.45) is -2.53. The van der Waals surface area contributed by atoms with Crippen LogP contribution in [-0.2, 0) is 16.4 Å². The first-order chi connectivity index (χ1) is 15.6. The summed E-state index contributed by atoms with van der Waals surface area (Å²) in [5.74, 6) is 0.727. The lowest BCUT2D eigenvalue weighted by Crippen LogP contribution is -2.54. The van der Waals surface area contributed by atoms with Gasteiger partial charge in [-0.2, -0.15) is 35.2 Å². The Labute approximate surface area is 191 Å². The Morgan fingerprint density at radius 2 is 1.85 bits per heavy atom. The van der Waals surface area contributed by atoms with E-state index in [4.69, 9.17) is 4.52 Å². The van der Waals surface area contributed by atoms with Gasteiger partial charge in [-0.05, 0) is 37.8 Å². The van der Waals surface area contributed by atoms with Gasteiger partial charge in [-0.15, -0.1) is 0 Å². The number of hydrogen-bond donors (Lipinski definition) is 0. The maximum atomic E-state index is 13.0. The standard InChI is InChI=1S/C21H28F3N5O3S/c1-15-5-4-8-29(14-15)33(30,31)28-11-9-27(10-12-28)16(2)20-25-19(26-32-20)17-6-3-7-18(13-17)21(22,23)24/h3,6-7,13,15-16H,4-5,8-12,14H2,1-2H3/t15-,16+/m0/s1. The number of benzene rings is 1. The lowest BCUT2D eigenvalue weighted by molar-refractivity contribution is -0.137. The van der Waals surface area contributed by atoms with Crippen molar-refractivity contribution in [3.05, 3.63) is 35.7 Å². The minimum absolute atomic E-state index is 0.0865. The highest BCUT2D eigenvalue weighted by Gasteiger charge is 2.36. The molecule has 3 heterocycles. The highest BCUT2D eigenvalue weighted by Crippen LogP contribution is 2.32. The van der Waals surface area contributed by atoms with E-state index in [1.165, 1.54) is 16.4 Å². The van der Waals surface area contributed by atoms with E-state index in [0.717, 1.165) is 25.0 Å². The van der Waals surface area contributed by atoms with Gasteiger partial charge in [-0.3, -0.25) is 4.90 Å². The third-order valence-corrected chi connectivity index (χ3v) is 8.34. The van der Waals surface area contributed by atoms with E-state index in [1.54, 1.807) is 4.31 Å². The van der Waals surface area contributed by atoms with E-state index in [9.17, 15) is 21.6 Å². The highest BCUT2D eigenvalue weighted by atomic mass is 32.2. The maximum absolute atomic E-state index is 13.0. The Hall–Kier alpha value is -2.02. The number of piperidine rings is 1. The smallest absolute Gasteiger partial charge is 0.337 e. The Morgan fingerprint density at radius 1 is 1.12 bits per heavy atom. The van der Waals surface area contributed by atoms with E-state index >= 15 is 0 Å². The molecular formula is C21H28F3N5O3S. The second-order valence-corrected chi connectivity index (χ2v) is 10.7. The Balaban J connectivity index is 1.40. The van der Waals surface area contributed by atoms with Crippen molar-refractivity contribution in [2.45, 2.75) is 38.9 Å². The number of nitrogens with zero attached hydrogens (tertiary/aromatic N) is 5. The van der Waals surface area contributed by atoms with Crippen LogP contribution < -0.4 is 0 Å². The molecule has 33 heavy (non-hydrogen) atoms. The van der Waals surface area contributed by atoms with Gasteiger partial charge in [-0.1, -0.05) is 24.2 Å². The zero-order valence-electron chi connectivity index (χ0n) is 18.6. The molecular weight excluding hydrogens is 459 g/mol. The quantitative estimate of drug-likeness (QED) is 0.643. The summed E-state index contributed by atoms with van der Waals surface area (Å²) >= 11 is 0. The van der Waals surface area contributed by atoms with Crippen LogP contribution in [0.2, 0.25) is 0 Å². The molecule has 0 radical (unpaired) electrons. The number of hydrogen-bond acceptors (Lipinski definition) is 6. The lowest BCUT2D eigenvalue weighted by Gasteiger charge is -2.39. The summed E-state index contributed by atoms with van der Waals surface area (Å²) in [6, 6.07) is 4.49. The van der Waals surface area contributed by atoms with Gasteiger partial charge in [0.25, 0.3) is 10.2 Å². The van der Waals surface area contributed by atoms with Crippen LogP contribution in [0.25, 0.3) is 11.4 Å². The highest BCUT2D eigenvalue weighted by molar-refractivity contribution is 7.86. The fraction of sp³-hybridized carbons (Fsp3) is 0.619. The topological polar surface area (TPSA) is 82.8 Å². The van der Waals surface area contributed by atoms with Crippen molar-refractivity contribution in [2.24, 2.45) is 5.92 Å². The number of aromatic nitrogens is 2. The van der Waals surface area contributed by atoms with Crippen LogP contribution in [0.5, 0.6) is 0 Å². The summed E-state index contributed by atoms with van der Waals surface area (Å²) in [5.41, 5.74) is -0.557. The summed E-state index contributed by atoms with van der Waals surface area (Å²) in [5, 5.41) is 3.85. The monoisotopic (exact) mass is 487 g/mol. The van der Waals surface area contributed by atoms with Crippen LogP contribution in [0.1, 0.15) is 44.2 Å². The molecule has 0 bridgehead atoms. The average Bonchev–Trinajstić information content (AvgIpc) is 3.28. The van der Waals surface area contributed by atoms with Gasteiger partial charge in [0, 0.05) is 44.8 Å². The van der Waals surface area contributed by atoms with Crippen molar-refractivity contribution < 1.29 is 26.1 Å². The second kappa shape index (κ2) is 9.32. The molecule has 2 saturated heterocycles. The number of piperazine rings is 1. The lowest BCUT2D eigenvalue weighted by atomic mass is 10.0. The van der Waals surface area contributed by atoms with Gasteiger partial charge in [0.15, 0.2) is 0 Å². The molecule has 4 rings (SSSR count). The summed E-state index contributed by atoms with van der Waals surface area (Å²) in [6.45, 7) is 6.73. The van der Waals surface area contributed by atoms with Crippen LogP contribution in [0.15, 0.2) is 28.8 Å². The predicted molar refractivity (Wildman–Crippen MR) is 115 cm³/mol. The molecule has 8 nitrogen and oxygen atoms in total. The van der Waals surface area contributed by atoms with Crippen LogP contribution in [0.4, 0.5) is 13.2 Å². The molecule has 0 N–H and O–H groups in total. The minimum atomic E-state index is -4.46. The van der Waals surface area contributed by atoms with E-state index in [2.05, 4.69) is 17.1 Å². The fourth-order valence-corrected chi connectivity index (χ4v) is 6.11. The molecule has 2 aliphatic rings. The zero-order chi connectivity index (χ0) is 23.8. The Bertz CT molecular complexity index is 1070. The Morgan fingerprint density at radius 3 is 2.52 bits per heavy atom. The normalized spacial score (nSPS) is 23.0. The molecule has 2 aliphatic heterocycles. The predicted octanol–water partition coefficient (Wildman–Crippen LogP) is 3.41. The molecule has 1 aromatic carbocycles. The van der Waals surface area contributed by atoms with Crippen molar-refractivity contribution in [1.82, 2.24) is 23.7 Å². The van der Waals surface area contributed by atoms with Crippen molar-refractivity contribution in [1.29, 1.82) is 0 Å². The number of rotatable bonds is 5. The minimum Gasteiger partial charge on any atom is -0.337 e. The van der Waals surface area contributed by atoms with Gasteiger partial charge >= 0.3 is 6.18 Å². The third kappa shape index (κ3) is 5.23. The van der Waals surface area contributed by atoms with Crippen molar-refractivity contribution >= 4 is 10.2 Å².